The Morgan fingerprint density at radius 2 is 1.75 bits per heavy atom. The minimum absolute atomic E-state index is 0.167. The number of benzene rings is 1. The van der Waals surface area contributed by atoms with E-state index in [1.165, 1.54) is 25.1 Å². The van der Waals surface area contributed by atoms with Gasteiger partial charge in [0.2, 0.25) is 0 Å². The van der Waals surface area contributed by atoms with Crippen LogP contribution in [-0.2, 0) is 21.8 Å². The van der Waals surface area contributed by atoms with E-state index >= 15 is 0 Å². The van der Waals surface area contributed by atoms with E-state index in [4.69, 9.17) is 0 Å². The molecule has 0 fully saturated rings. The molecule has 0 saturated heterocycles. The fourth-order valence-electron chi connectivity index (χ4n) is 1.26. The zero-order valence-electron chi connectivity index (χ0n) is 8.58. The number of hydrogen-bond acceptors (Lipinski definition) is 2. The van der Waals surface area contributed by atoms with E-state index in [-0.39, 0.29) is 11.3 Å². The van der Waals surface area contributed by atoms with Crippen molar-refractivity contribution >= 4 is 9.84 Å². The molecule has 0 radical (unpaired) electrons. The second kappa shape index (κ2) is 4.45. The van der Waals surface area contributed by atoms with Gasteiger partial charge in [-0.15, -0.1) is 0 Å². The van der Waals surface area contributed by atoms with Crippen LogP contribution in [0.25, 0.3) is 0 Å². The summed E-state index contributed by atoms with van der Waals surface area (Å²) in [5.41, 5.74) is -1.08. The molecule has 0 amide bonds. The molecule has 90 valence electrons. The molecule has 6 heteroatoms. The van der Waals surface area contributed by atoms with Gasteiger partial charge in [-0.1, -0.05) is 25.1 Å². The fourth-order valence-corrected chi connectivity index (χ4v) is 2.19. The lowest BCUT2D eigenvalue weighted by Crippen LogP contribution is -2.13. The lowest BCUT2D eigenvalue weighted by Gasteiger charge is -2.12. The van der Waals surface area contributed by atoms with Crippen molar-refractivity contribution in [2.24, 2.45) is 0 Å². The molecule has 0 aromatic heterocycles. The van der Waals surface area contributed by atoms with Gasteiger partial charge in [0.05, 0.1) is 11.3 Å². The lowest BCUT2D eigenvalue weighted by atomic mass is 10.1. The molecule has 0 N–H and O–H groups in total. The third kappa shape index (κ3) is 3.23. The lowest BCUT2D eigenvalue weighted by molar-refractivity contribution is -0.138. The molecule has 0 aliphatic carbocycles. The zero-order valence-corrected chi connectivity index (χ0v) is 9.40. The van der Waals surface area contributed by atoms with Gasteiger partial charge >= 0.3 is 6.18 Å². The zero-order chi connectivity index (χ0) is 12.4. The maximum atomic E-state index is 12.5. The molecule has 2 nitrogen and oxygen atoms in total. The first kappa shape index (κ1) is 13.0. The van der Waals surface area contributed by atoms with Gasteiger partial charge in [-0.25, -0.2) is 8.42 Å². The fraction of sp³-hybridized carbons (Fsp3) is 0.400. The summed E-state index contributed by atoms with van der Waals surface area (Å²) in [6.07, 6.45) is -4.51. The van der Waals surface area contributed by atoms with E-state index in [9.17, 15) is 21.6 Å². The average Bonchev–Trinajstić information content (AvgIpc) is 2.16. The molecule has 0 spiro atoms. The van der Waals surface area contributed by atoms with Crippen molar-refractivity contribution in [1.82, 2.24) is 0 Å². The van der Waals surface area contributed by atoms with E-state index in [1.54, 1.807) is 0 Å². The highest BCUT2D eigenvalue weighted by atomic mass is 32.2. The maximum absolute atomic E-state index is 12.5. The van der Waals surface area contributed by atoms with E-state index in [1.807, 2.05) is 0 Å². The van der Waals surface area contributed by atoms with Crippen LogP contribution in [0.4, 0.5) is 13.2 Å². The Balaban J connectivity index is 3.16. The maximum Gasteiger partial charge on any atom is 0.416 e. The molecule has 0 aliphatic rings. The van der Waals surface area contributed by atoms with Crippen LogP contribution in [0.1, 0.15) is 18.1 Å². The van der Waals surface area contributed by atoms with Gasteiger partial charge < -0.3 is 0 Å². The molecule has 16 heavy (non-hydrogen) atoms. The smallest absolute Gasteiger partial charge is 0.229 e. The van der Waals surface area contributed by atoms with Gasteiger partial charge in [0.1, 0.15) is 0 Å². The van der Waals surface area contributed by atoms with Crippen molar-refractivity contribution in [2.75, 3.05) is 5.75 Å². The molecular formula is C10H11F3O2S. The van der Waals surface area contributed by atoms with Crippen molar-refractivity contribution in [3.63, 3.8) is 0 Å². The number of alkyl halides is 3. The first-order chi connectivity index (χ1) is 7.26. The summed E-state index contributed by atoms with van der Waals surface area (Å²) >= 11 is 0. The largest absolute Gasteiger partial charge is 0.416 e. The molecule has 0 heterocycles. The van der Waals surface area contributed by atoms with Crippen LogP contribution in [0.2, 0.25) is 0 Å². The Bertz CT molecular complexity index is 463. The number of halogens is 3. The van der Waals surface area contributed by atoms with Crippen LogP contribution in [0, 0.1) is 0 Å². The second-order valence-corrected chi connectivity index (χ2v) is 5.68. The average molecular weight is 252 g/mol. The Morgan fingerprint density at radius 3 is 2.25 bits per heavy atom. The summed E-state index contributed by atoms with van der Waals surface area (Å²) < 4.78 is 60.2. The van der Waals surface area contributed by atoms with Gasteiger partial charge in [0, 0.05) is 5.75 Å². The summed E-state index contributed by atoms with van der Waals surface area (Å²) in [5, 5.41) is 0. The Hall–Kier alpha value is -1.04. The Morgan fingerprint density at radius 1 is 1.19 bits per heavy atom. The molecule has 0 bridgehead atoms. The standard InChI is InChI=1S/C10H11F3O2S/c1-2-16(14,15)7-8-5-3-4-6-9(8)10(11,12)13/h3-6H,2,7H2,1H3. The first-order valence-electron chi connectivity index (χ1n) is 4.62. The van der Waals surface area contributed by atoms with Crippen LogP contribution in [0.5, 0.6) is 0 Å². The van der Waals surface area contributed by atoms with E-state index < -0.39 is 27.3 Å². The first-order valence-corrected chi connectivity index (χ1v) is 6.44. The van der Waals surface area contributed by atoms with Crippen molar-refractivity contribution in [2.45, 2.75) is 18.9 Å². The summed E-state index contributed by atoms with van der Waals surface area (Å²) in [6, 6.07) is 4.72. The number of sulfone groups is 1. The monoisotopic (exact) mass is 252 g/mol. The van der Waals surface area contributed by atoms with Crippen molar-refractivity contribution in [3.8, 4) is 0 Å². The van der Waals surface area contributed by atoms with Gasteiger partial charge in [-0.2, -0.15) is 13.2 Å². The minimum atomic E-state index is -4.51. The van der Waals surface area contributed by atoms with Gasteiger partial charge in [-0.3, -0.25) is 0 Å². The third-order valence-corrected chi connectivity index (χ3v) is 3.77. The topological polar surface area (TPSA) is 34.1 Å². The quantitative estimate of drug-likeness (QED) is 0.828. The summed E-state index contributed by atoms with van der Waals surface area (Å²) in [5.74, 6) is -0.738. The van der Waals surface area contributed by atoms with E-state index in [2.05, 4.69) is 0 Å². The molecule has 0 unspecified atom stereocenters. The van der Waals surface area contributed by atoms with Crippen LogP contribution < -0.4 is 0 Å². The van der Waals surface area contributed by atoms with E-state index in [0.29, 0.717) is 0 Å². The summed E-state index contributed by atoms with van der Waals surface area (Å²) in [4.78, 5) is 0. The van der Waals surface area contributed by atoms with Gasteiger partial charge in [0.25, 0.3) is 0 Å². The number of rotatable bonds is 3. The summed E-state index contributed by atoms with van der Waals surface area (Å²) in [7, 11) is -3.46. The minimum Gasteiger partial charge on any atom is -0.229 e. The predicted molar refractivity (Wildman–Crippen MR) is 54.6 cm³/mol. The molecule has 1 aromatic rings. The second-order valence-electron chi connectivity index (χ2n) is 3.33. The van der Waals surface area contributed by atoms with Crippen molar-refractivity contribution in [1.29, 1.82) is 0 Å². The van der Waals surface area contributed by atoms with Crippen LogP contribution in [0.15, 0.2) is 24.3 Å². The van der Waals surface area contributed by atoms with Crippen LogP contribution in [0.3, 0.4) is 0 Å². The normalized spacial score (nSPS) is 12.8. The van der Waals surface area contributed by atoms with Crippen molar-refractivity contribution in [3.05, 3.63) is 35.4 Å². The van der Waals surface area contributed by atoms with Gasteiger partial charge in [-0.05, 0) is 11.6 Å². The number of hydrogen-bond donors (Lipinski definition) is 0. The molecule has 1 aromatic carbocycles. The SMILES string of the molecule is CCS(=O)(=O)Cc1ccccc1C(F)(F)F. The highest BCUT2D eigenvalue weighted by Gasteiger charge is 2.33. The molecular weight excluding hydrogens is 241 g/mol. The van der Waals surface area contributed by atoms with E-state index in [0.717, 1.165) is 6.07 Å². The summed E-state index contributed by atoms with van der Waals surface area (Å²) in [6.45, 7) is 1.41. The molecule has 0 aliphatic heterocycles. The highest BCUT2D eigenvalue weighted by Crippen LogP contribution is 2.32. The van der Waals surface area contributed by atoms with Gasteiger partial charge in [0.15, 0.2) is 9.84 Å². The molecule has 1 rings (SSSR count). The third-order valence-electron chi connectivity index (χ3n) is 2.14. The van der Waals surface area contributed by atoms with Crippen LogP contribution >= 0.6 is 0 Å². The predicted octanol–water partition coefficient (Wildman–Crippen LogP) is 2.64. The molecule has 0 saturated carbocycles. The Labute approximate surface area is 92.0 Å². The van der Waals surface area contributed by atoms with Crippen molar-refractivity contribution < 1.29 is 21.6 Å². The molecule has 0 atom stereocenters. The van der Waals surface area contributed by atoms with Crippen LogP contribution in [-0.4, -0.2) is 14.2 Å². The highest BCUT2D eigenvalue weighted by molar-refractivity contribution is 7.90. The Kier molecular flexibility index (Phi) is 3.62.